The van der Waals surface area contributed by atoms with Crippen LogP contribution in [0.1, 0.15) is 5.56 Å². The maximum atomic E-state index is 12.4. The van der Waals surface area contributed by atoms with Gasteiger partial charge in [-0.1, -0.05) is 29.8 Å². The summed E-state index contributed by atoms with van der Waals surface area (Å²) in [5, 5.41) is 6.10. The number of nitrogens with zero attached hydrogens (tertiary/aromatic N) is 1. The highest BCUT2D eigenvalue weighted by atomic mass is 16.5. The first-order valence-electron chi connectivity index (χ1n) is 10.5. The molecule has 1 heterocycles. The summed E-state index contributed by atoms with van der Waals surface area (Å²) >= 11 is 0. The predicted octanol–water partition coefficient (Wildman–Crippen LogP) is 4.67. The summed E-state index contributed by atoms with van der Waals surface area (Å²) in [6.45, 7) is 5.45. The van der Waals surface area contributed by atoms with Gasteiger partial charge in [0.2, 0.25) is 5.91 Å². The van der Waals surface area contributed by atoms with Gasteiger partial charge in [0.05, 0.1) is 25.4 Å². The lowest BCUT2D eigenvalue weighted by Gasteiger charge is -2.28. The molecular formula is C25H27N3O3. The molecule has 4 rings (SSSR count). The first-order valence-corrected chi connectivity index (χ1v) is 10.5. The third-order valence-corrected chi connectivity index (χ3v) is 5.10. The Hall–Kier alpha value is -3.51. The minimum Gasteiger partial charge on any atom is -0.455 e. The molecule has 0 radical (unpaired) electrons. The van der Waals surface area contributed by atoms with Crippen molar-refractivity contribution in [3.05, 3.63) is 78.4 Å². The zero-order valence-corrected chi connectivity index (χ0v) is 17.6. The molecular weight excluding hydrogens is 390 g/mol. The van der Waals surface area contributed by atoms with E-state index in [1.807, 2.05) is 79.7 Å². The maximum absolute atomic E-state index is 12.4. The molecule has 1 saturated heterocycles. The molecule has 0 aliphatic carbocycles. The lowest BCUT2D eigenvalue weighted by molar-refractivity contribution is -0.114. The van der Waals surface area contributed by atoms with Crippen LogP contribution < -0.4 is 20.3 Å². The van der Waals surface area contributed by atoms with Crippen LogP contribution in [0.2, 0.25) is 0 Å². The Labute approximate surface area is 182 Å². The molecule has 31 heavy (non-hydrogen) atoms. The van der Waals surface area contributed by atoms with Crippen LogP contribution in [0.3, 0.4) is 0 Å². The van der Waals surface area contributed by atoms with E-state index in [1.54, 1.807) is 0 Å². The number of hydrogen-bond acceptors (Lipinski definition) is 5. The Morgan fingerprint density at radius 3 is 2.42 bits per heavy atom. The van der Waals surface area contributed by atoms with Crippen LogP contribution in [0.5, 0.6) is 11.5 Å². The molecule has 6 heteroatoms. The highest BCUT2D eigenvalue weighted by Gasteiger charge is 2.11. The highest BCUT2D eigenvalue weighted by molar-refractivity contribution is 5.94. The first kappa shape index (κ1) is 20.8. The maximum Gasteiger partial charge on any atom is 0.243 e. The molecule has 160 valence electrons. The van der Waals surface area contributed by atoms with Gasteiger partial charge in [-0.15, -0.1) is 0 Å². The van der Waals surface area contributed by atoms with Crippen molar-refractivity contribution in [1.29, 1.82) is 0 Å². The summed E-state index contributed by atoms with van der Waals surface area (Å²) in [4.78, 5) is 14.7. The second kappa shape index (κ2) is 10.00. The predicted molar refractivity (Wildman–Crippen MR) is 124 cm³/mol. The Morgan fingerprint density at radius 2 is 1.68 bits per heavy atom. The fourth-order valence-corrected chi connectivity index (χ4v) is 3.39. The molecule has 2 N–H and O–H groups in total. The number of ether oxygens (including phenoxy) is 2. The summed E-state index contributed by atoms with van der Waals surface area (Å²) < 4.78 is 11.4. The van der Waals surface area contributed by atoms with Gasteiger partial charge in [0, 0.05) is 24.5 Å². The largest absolute Gasteiger partial charge is 0.455 e. The van der Waals surface area contributed by atoms with E-state index in [9.17, 15) is 4.79 Å². The van der Waals surface area contributed by atoms with E-state index in [4.69, 9.17) is 9.47 Å². The van der Waals surface area contributed by atoms with Crippen LogP contribution in [0, 0.1) is 6.92 Å². The van der Waals surface area contributed by atoms with Crippen molar-refractivity contribution in [1.82, 2.24) is 0 Å². The first-order chi connectivity index (χ1) is 15.2. The van der Waals surface area contributed by atoms with Crippen LogP contribution in [0.25, 0.3) is 0 Å². The molecule has 3 aromatic carbocycles. The van der Waals surface area contributed by atoms with Crippen molar-refractivity contribution < 1.29 is 14.3 Å². The van der Waals surface area contributed by atoms with Crippen molar-refractivity contribution in [2.24, 2.45) is 0 Å². The summed E-state index contributed by atoms with van der Waals surface area (Å²) in [5.41, 5.74) is 3.85. The third kappa shape index (κ3) is 5.77. The van der Waals surface area contributed by atoms with Crippen molar-refractivity contribution >= 4 is 23.0 Å². The SMILES string of the molecule is Cc1ccc(Oc2ccccc2NCC(=O)Nc2ccc(N3CCOCC3)cc2)cc1. The van der Waals surface area contributed by atoms with Gasteiger partial charge in [-0.25, -0.2) is 0 Å². The number of aryl methyl sites for hydroxylation is 1. The summed E-state index contributed by atoms with van der Waals surface area (Å²) in [7, 11) is 0. The molecule has 0 atom stereocenters. The number of benzene rings is 3. The van der Waals surface area contributed by atoms with Crippen LogP contribution in [-0.2, 0) is 9.53 Å². The van der Waals surface area contributed by atoms with Gasteiger partial charge in [-0.3, -0.25) is 4.79 Å². The molecule has 6 nitrogen and oxygen atoms in total. The van der Waals surface area contributed by atoms with Gasteiger partial charge < -0.3 is 25.0 Å². The lowest BCUT2D eigenvalue weighted by atomic mass is 10.2. The van der Waals surface area contributed by atoms with Gasteiger partial charge in [-0.2, -0.15) is 0 Å². The molecule has 0 bridgehead atoms. The van der Waals surface area contributed by atoms with Crippen LogP contribution in [0.15, 0.2) is 72.8 Å². The topological polar surface area (TPSA) is 62.8 Å². The quantitative estimate of drug-likeness (QED) is 0.585. The molecule has 1 aliphatic heterocycles. The van der Waals surface area contributed by atoms with Gasteiger partial charge in [0.25, 0.3) is 0 Å². The second-order valence-electron chi connectivity index (χ2n) is 7.46. The molecule has 0 spiro atoms. The normalized spacial score (nSPS) is 13.5. The van der Waals surface area contributed by atoms with Gasteiger partial charge >= 0.3 is 0 Å². The number of carbonyl (C=O) groups excluding carboxylic acids is 1. The molecule has 3 aromatic rings. The highest BCUT2D eigenvalue weighted by Crippen LogP contribution is 2.29. The van der Waals surface area contributed by atoms with Crippen molar-refractivity contribution in [3.8, 4) is 11.5 Å². The van der Waals surface area contributed by atoms with E-state index in [0.717, 1.165) is 49.1 Å². The molecule has 1 aliphatic rings. The van der Waals surface area contributed by atoms with Crippen molar-refractivity contribution in [2.45, 2.75) is 6.92 Å². The van der Waals surface area contributed by atoms with Gasteiger partial charge in [0.1, 0.15) is 5.75 Å². The summed E-state index contributed by atoms with van der Waals surface area (Å²) in [6, 6.07) is 23.4. The Balaban J connectivity index is 1.32. The number of anilines is 3. The average molecular weight is 418 g/mol. The fourth-order valence-electron chi connectivity index (χ4n) is 3.39. The zero-order chi connectivity index (χ0) is 21.5. The Kier molecular flexibility index (Phi) is 6.69. The minimum absolute atomic E-state index is 0.121. The smallest absolute Gasteiger partial charge is 0.243 e. The van der Waals surface area contributed by atoms with E-state index in [0.29, 0.717) is 5.75 Å². The summed E-state index contributed by atoms with van der Waals surface area (Å²) in [5.74, 6) is 1.31. The van der Waals surface area contributed by atoms with Crippen molar-refractivity contribution in [2.75, 3.05) is 48.4 Å². The third-order valence-electron chi connectivity index (χ3n) is 5.10. The van der Waals surface area contributed by atoms with E-state index in [2.05, 4.69) is 15.5 Å². The van der Waals surface area contributed by atoms with Gasteiger partial charge in [0.15, 0.2) is 5.75 Å². The van der Waals surface area contributed by atoms with Crippen molar-refractivity contribution in [3.63, 3.8) is 0 Å². The Morgan fingerprint density at radius 1 is 0.968 bits per heavy atom. The number of rotatable bonds is 7. The standard InChI is InChI=1S/C25H27N3O3/c1-19-6-12-22(13-7-19)31-24-5-3-2-4-23(24)26-18-25(29)27-20-8-10-21(11-9-20)28-14-16-30-17-15-28/h2-13,26H,14-18H2,1H3,(H,27,29). The van der Waals surface area contributed by atoms with Gasteiger partial charge in [-0.05, 0) is 55.5 Å². The lowest BCUT2D eigenvalue weighted by Crippen LogP contribution is -2.36. The van der Waals surface area contributed by atoms with Crippen LogP contribution in [0.4, 0.5) is 17.1 Å². The number of hydrogen-bond donors (Lipinski definition) is 2. The molecule has 1 fully saturated rings. The average Bonchev–Trinajstić information content (AvgIpc) is 2.81. The van der Waals surface area contributed by atoms with E-state index < -0.39 is 0 Å². The molecule has 1 amide bonds. The van der Waals surface area contributed by atoms with E-state index >= 15 is 0 Å². The minimum atomic E-state index is -0.121. The van der Waals surface area contributed by atoms with E-state index in [1.165, 1.54) is 5.56 Å². The Bertz CT molecular complexity index is 997. The number of amides is 1. The van der Waals surface area contributed by atoms with E-state index in [-0.39, 0.29) is 12.5 Å². The van der Waals surface area contributed by atoms with Crippen LogP contribution in [-0.4, -0.2) is 38.8 Å². The number of carbonyl (C=O) groups is 1. The summed E-state index contributed by atoms with van der Waals surface area (Å²) in [6.07, 6.45) is 0. The number of para-hydroxylation sites is 2. The molecule has 0 aromatic heterocycles. The molecule has 0 saturated carbocycles. The second-order valence-corrected chi connectivity index (χ2v) is 7.46. The zero-order valence-electron chi connectivity index (χ0n) is 17.6. The monoisotopic (exact) mass is 417 g/mol. The van der Waals surface area contributed by atoms with Crippen LogP contribution >= 0.6 is 0 Å². The fraction of sp³-hybridized carbons (Fsp3) is 0.240. The number of morpholine rings is 1. The molecule has 0 unspecified atom stereocenters. The number of nitrogens with one attached hydrogen (secondary N) is 2.